The number of hydrogen-bond donors (Lipinski definition) is 2. The van der Waals surface area contributed by atoms with Gasteiger partial charge in [0.2, 0.25) is 10.0 Å². The minimum Gasteiger partial charge on any atom is -0.383 e. The van der Waals surface area contributed by atoms with Gasteiger partial charge in [0.05, 0.1) is 6.20 Å². The number of aromatic nitrogens is 2. The quantitative estimate of drug-likeness (QED) is 0.826. The molecular formula is C10H18N4O2S. The number of piperidine rings is 1. The van der Waals surface area contributed by atoms with Crippen molar-refractivity contribution >= 4 is 15.8 Å². The van der Waals surface area contributed by atoms with Gasteiger partial charge in [0.15, 0.2) is 0 Å². The summed E-state index contributed by atoms with van der Waals surface area (Å²) >= 11 is 0. The summed E-state index contributed by atoms with van der Waals surface area (Å²) in [6.07, 6.45) is 4.12. The molecule has 96 valence electrons. The lowest BCUT2D eigenvalue weighted by Gasteiger charge is -2.37. The highest BCUT2D eigenvalue weighted by Gasteiger charge is 2.37. The van der Waals surface area contributed by atoms with Gasteiger partial charge in [-0.1, -0.05) is 6.42 Å². The molecule has 6 nitrogen and oxygen atoms in total. The molecule has 1 aliphatic heterocycles. The van der Waals surface area contributed by atoms with E-state index in [4.69, 9.17) is 5.73 Å². The first kappa shape index (κ1) is 12.4. The van der Waals surface area contributed by atoms with Gasteiger partial charge in [-0.3, -0.25) is 5.10 Å². The fraction of sp³-hybridized carbons (Fsp3) is 0.700. The van der Waals surface area contributed by atoms with E-state index in [0.717, 1.165) is 19.3 Å². The van der Waals surface area contributed by atoms with E-state index >= 15 is 0 Å². The van der Waals surface area contributed by atoms with Crippen LogP contribution in [0.4, 0.5) is 5.82 Å². The summed E-state index contributed by atoms with van der Waals surface area (Å²) in [7, 11) is -3.53. The van der Waals surface area contributed by atoms with E-state index in [2.05, 4.69) is 10.2 Å². The highest BCUT2D eigenvalue weighted by molar-refractivity contribution is 7.89. The lowest BCUT2D eigenvalue weighted by atomic mass is 10.0. The van der Waals surface area contributed by atoms with Crippen molar-refractivity contribution in [1.82, 2.24) is 14.5 Å². The van der Waals surface area contributed by atoms with E-state index in [1.165, 1.54) is 6.20 Å². The molecule has 1 aliphatic rings. The van der Waals surface area contributed by atoms with Crippen molar-refractivity contribution in [3.05, 3.63) is 6.20 Å². The Morgan fingerprint density at radius 2 is 2.00 bits per heavy atom. The molecule has 0 spiro atoms. The second-order valence-electron chi connectivity index (χ2n) is 4.61. The number of sulfonamides is 1. The van der Waals surface area contributed by atoms with Gasteiger partial charge in [0.1, 0.15) is 10.7 Å². The van der Waals surface area contributed by atoms with E-state index in [0.29, 0.717) is 0 Å². The van der Waals surface area contributed by atoms with Gasteiger partial charge < -0.3 is 5.73 Å². The average molecular weight is 258 g/mol. The van der Waals surface area contributed by atoms with E-state index in [1.807, 2.05) is 13.8 Å². The highest BCUT2D eigenvalue weighted by atomic mass is 32.2. The lowest BCUT2D eigenvalue weighted by molar-refractivity contribution is 0.204. The minimum atomic E-state index is -3.53. The number of anilines is 1. The molecule has 2 atom stereocenters. The normalized spacial score (nSPS) is 27.2. The zero-order valence-electron chi connectivity index (χ0n) is 10.0. The second-order valence-corrected chi connectivity index (χ2v) is 6.42. The first-order valence-electron chi connectivity index (χ1n) is 5.77. The number of nitrogen functional groups attached to an aromatic ring is 1. The Bertz CT molecular complexity index is 486. The van der Waals surface area contributed by atoms with Crippen molar-refractivity contribution in [2.24, 2.45) is 0 Å². The fourth-order valence-electron chi connectivity index (χ4n) is 2.48. The summed E-state index contributed by atoms with van der Waals surface area (Å²) in [5, 5.41) is 6.14. The molecule has 0 aromatic carbocycles. The zero-order valence-corrected chi connectivity index (χ0v) is 10.9. The van der Waals surface area contributed by atoms with Gasteiger partial charge in [-0.25, -0.2) is 8.42 Å². The molecule has 1 aromatic rings. The molecule has 2 rings (SSSR count). The molecular weight excluding hydrogens is 240 g/mol. The van der Waals surface area contributed by atoms with E-state index in [9.17, 15) is 8.42 Å². The first-order chi connectivity index (χ1) is 7.94. The summed E-state index contributed by atoms with van der Waals surface area (Å²) in [6, 6.07) is 0.0242. The molecule has 2 unspecified atom stereocenters. The molecule has 7 heteroatoms. The number of hydrogen-bond acceptors (Lipinski definition) is 4. The molecule has 1 aromatic heterocycles. The van der Waals surface area contributed by atoms with Crippen LogP contribution in [0.1, 0.15) is 33.1 Å². The smallest absolute Gasteiger partial charge is 0.248 e. The maximum absolute atomic E-state index is 12.5. The molecule has 1 fully saturated rings. The summed E-state index contributed by atoms with van der Waals surface area (Å²) in [6.45, 7) is 3.87. The molecule has 0 amide bonds. The van der Waals surface area contributed by atoms with E-state index < -0.39 is 10.0 Å². The molecule has 0 radical (unpaired) electrons. The summed E-state index contributed by atoms with van der Waals surface area (Å²) in [5.74, 6) is 0.106. The van der Waals surface area contributed by atoms with Crippen LogP contribution in [0.25, 0.3) is 0 Å². The van der Waals surface area contributed by atoms with Crippen LogP contribution in [0.5, 0.6) is 0 Å². The number of aromatic amines is 1. The van der Waals surface area contributed by atoms with Gasteiger partial charge in [-0.05, 0) is 26.7 Å². The SMILES string of the molecule is CC1CCCC(C)N1S(=O)(=O)c1cn[nH]c1N. The Labute approximate surface area is 101 Å². The predicted molar refractivity (Wildman–Crippen MR) is 64.8 cm³/mol. The summed E-state index contributed by atoms with van der Waals surface area (Å²) in [4.78, 5) is 0.0816. The van der Waals surface area contributed by atoms with Crippen LogP contribution in [-0.2, 0) is 10.0 Å². The predicted octanol–water partition coefficient (Wildman–Crippen LogP) is 0.944. The van der Waals surface area contributed by atoms with Gasteiger partial charge >= 0.3 is 0 Å². The van der Waals surface area contributed by atoms with Crippen LogP contribution in [0, 0.1) is 0 Å². The van der Waals surface area contributed by atoms with Crippen molar-refractivity contribution in [3.63, 3.8) is 0 Å². The highest BCUT2D eigenvalue weighted by Crippen LogP contribution is 2.30. The van der Waals surface area contributed by atoms with Crippen LogP contribution < -0.4 is 5.73 Å². The molecule has 0 aliphatic carbocycles. The van der Waals surface area contributed by atoms with E-state index in [1.54, 1.807) is 4.31 Å². The molecule has 17 heavy (non-hydrogen) atoms. The van der Waals surface area contributed by atoms with Gasteiger partial charge in [-0.2, -0.15) is 9.40 Å². The maximum Gasteiger partial charge on any atom is 0.248 e. The Kier molecular flexibility index (Phi) is 3.13. The van der Waals surface area contributed by atoms with Crippen LogP contribution in [-0.4, -0.2) is 35.0 Å². The molecule has 2 heterocycles. The summed E-state index contributed by atoms with van der Waals surface area (Å²) in [5.41, 5.74) is 5.60. The average Bonchev–Trinajstić information content (AvgIpc) is 2.64. The second kappa shape index (κ2) is 4.30. The Morgan fingerprint density at radius 1 is 1.41 bits per heavy atom. The Hall–Kier alpha value is -1.08. The lowest BCUT2D eigenvalue weighted by Crippen LogP contribution is -2.47. The third kappa shape index (κ3) is 2.04. The summed E-state index contributed by atoms with van der Waals surface area (Å²) < 4.78 is 26.5. The van der Waals surface area contributed by atoms with Crippen molar-refractivity contribution in [1.29, 1.82) is 0 Å². The molecule has 1 saturated heterocycles. The first-order valence-corrected chi connectivity index (χ1v) is 7.21. The largest absolute Gasteiger partial charge is 0.383 e. The van der Waals surface area contributed by atoms with Crippen LogP contribution in [0.15, 0.2) is 11.1 Å². The Morgan fingerprint density at radius 3 is 2.47 bits per heavy atom. The Balaban J connectivity index is 2.41. The van der Waals surface area contributed by atoms with Crippen LogP contribution >= 0.6 is 0 Å². The monoisotopic (exact) mass is 258 g/mol. The maximum atomic E-state index is 12.5. The topological polar surface area (TPSA) is 92.1 Å². The van der Waals surface area contributed by atoms with Gasteiger partial charge in [0.25, 0.3) is 0 Å². The van der Waals surface area contributed by atoms with Crippen molar-refractivity contribution in [3.8, 4) is 0 Å². The third-order valence-electron chi connectivity index (χ3n) is 3.30. The van der Waals surface area contributed by atoms with Crippen LogP contribution in [0.3, 0.4) is 0 Å². The van der Waals surface area contributed by atoms with Crippen molar-refractivity contribution < 1.29 is 8.42 Å². The zero-order chi connectivity index (χ0) is 12.6. The standard InChI is InChI=1S/C10H18N4O2S/c1-7-4-3-5-8(2)14(7)17(15,16)9-6-12-13-10(9)11/h6-8H,3-5H2,1-2H3,(H3,11,12,13). The number of rotatable bonds is 2. The number of H-pyrrole nitrogens is 1. The van der Waals surface area contributed by atoms with Crippen molar-refractivity contribution in [2.45, 2.75) is 50.1 Å². The van der Waals surface area contributed by atoms with Gasteiger partial charge in [0, 0.05) is 12.1 Å². The van der Waals surface area contributed by atoms with Crippen molar-refractivity contribution in [2.75, 3.05) is 5.73 Å². The number of nitrogens with two attached hydrogens (primary N) is 1. The number of nitrogens with one attached hydrogen (secondary N) is 1. The fourth-order valence-corrected chi connectivity index (χ4v) is 4.37. The molecule has 0 bridgehead atoms. The van der Waals surface area contributed by atoms with Crippen LogP contribution in [0.2, 0.25) is 0 Å². The molecule has 3 N–H and O–H groups in total. The molecule has 0 saturated carbocycles. The third-order valence-corrected chi connectivity index (χ3v) is 5.46. The minimum absolute atomic E-state index is 0.0121. The van der Waals surface area contributed by atoms with E-state index in [-0.39, 0.29) is 22.8 Å². The van der Waals surface area contributed by atoms with Gasteiger partial charge in [-0.15, -0.1) is 0 Å². The number of nitrogens with zero attached hydrogens (tertiary/aromatic N) is 2.